The van der Waals surface area contributed by atoms with Crippen molar-refractivity contribution < 1.29 is 4.79 Å². The molecule has 0 saturated heterocycles. The summed E-state index contributed by atoms with van der Waals surface area (Å²) >= 11 is 0. The summed E-state index contributed by atoms with van der Waals surface area (Å²) in [4.78, 5) is 11.3. The molecule has 1 amide bonds. The first-order valence-corrected chi connectivity index (χ1v) is 7.81. The van der Waals surface area contributed by atoms with Crippen LogP contribution in [0.1, 0.15) is 42.0 Å². The number of hydrogen-bond donors (Lipinski definition) is 1. The molecular weight excluding hydrogens is 270 g/mol. The van der Waals surface area contributed by atoms with Crippen molar-refractivity contribution in [2.24, 2.45) is 0 Å². The van der Waals surface area contributed by atoms with Crippen molar-refractivity contribution in [3.8, 4) is 0 Å². The zero-order valence-corrected chi connectivity index (χ0v) is 14.3. The molecule has 0 spiro atoms. The largest absolute Gasteiger partial charge is 0.359 e. The van der Waals surface area contributed by atoms with Gasteiger partial charge >= 0.3 is 0 Å². The Morgan fingerprint density at radius 2 is 1.41 bits per heavy atom. The van der Waals surface area contributed by atoms with Crippen molar-refractivity contribution in [2.45, 2.75) is 40.0 Å². The van der Waals surface area contributed by atoms with E-state index >= 15 is 0 Å². The molecule has 2 aromatic rings. The maximum absolute atomic E-state index is 11.3. The first kappa shape index (κ1) is 18.0. The Morgan fingerprint density at radius 1 is 0.955 bits per heavy atom. The SMILES string of the molecule is CCc1ccc(C)cc1.CNC(=O)C(C)c1ccc(C)cc1. The fraction of sp³-hybridized carbons (Fsp3) is 0.350. The molecule has 0 bridgehead atoms. The van der Waals surface area contributed by atoms with Crippen LogP contribution in [0.2, 0.25) is 0 Å². The molecular formula is C20H27NO. The zero-order valence-electron chi connectivity index (χ0n) is 14.3. The van der Waals surface area contributed by atoms with E-state index in [4.69, 9.17) is 0 Å². The fourth-order valence-electron chi connectivity index (χ4n) is 2.05. The molecule has 1 atom stereocenters. The summed E-state index contributed by atoms with van der Waals surface area (Å²) in [5, 5.41) is 2.64. The zero-order chi connectivity index (χ0) is 16.5. The Kier molecular flexibility index (Phi) is 7.38. The number of carbonyl (C=O) groups is 1. The van der Waals surface area contributed by atoms with E-state index in [0.717, 1.165) is 12.0 Å². The Balaban J connectivity index is 0.000000235. The molecule has 0 aliphatic rings. The number of likely N-dealkylation sites (N-methyl/N-ethyl adjacent to an activating group) is 1. The second kappa shape index (κ2) is 9.04. The summed E-state index contributed by atoms with van der Waals surface area (Å²) in [6.45, 7) is 8.22. The van der Waals surface area contributed by atoms with Crippen LogP contribution < -0.4 is 5.32 Å². The summed E-state index contributed by atoms with van der Waals surface area (Å²) < 4.78 is 0. The Labute approximate surface area is 134 Å². The lowest BCUT2D eigenvalue weighted by atomic mass is 9.99. The average Bonchev–Trinajstić information content (AvgIpc) is 2.55. The highest BCUT2D eigenvalue weighted by Gasteiger charge is 2.12. The molecule has 2 aromatic carbocycles. The highest BCUT2D eigenvalue weighted by molar-refractivity contribution is 5.82. The van der Waals surface area contributed by atoms with Crippen LogP contribution in [0, 0.1) is 13.8 Å². The van der Waals surface area contributed by atoms with Crippen molar-refractivity contribution in [3.63, 3.8) is 0 Å². The van der Waals surface area contributed by atoms with Crippen molar-refractivity contribution in [1.29, 1.82) is 0 Å². The van der Waals surface area contributed by atoms with Gasteiger partial charge in [-0.3, -0.25) is 4.79 Å². The minimum atomic E-state index is -0.0643. The monoisotopic (exact) mass is 297 g/mol. The fourth-order valence-corrected chi connectivity index (χ4v) is 2.05. The van der Waals surface area contributed by atoms with Gasteiger partial charge < -0.3 is 5.32 Å². The average molecular weight is 297 g/mol. The maximum atomic E-state index is 11.3. The predicted molar refractivity (Wildman–Crippen MR) is 94.2 cm³/mol. The first-order valence-electron chi connectivity index (χ1n) is 7.81. The van der Waals surface area contributed by atoms with E-state index in [0.29, 0.717) is 0 Å². The Bertz CT molecular complexity index is 570. The van der Waals surface area contributed by atoms with Crippen LogP contribution in [0.15, 0.2) is 48.5 Å². The number of hydrogen-bond acceptors (Lipinski definition) is 1. The Hall–Kier alpha value is -2.09. The van der Waals surface area contributed by atoms with Crippen LogP contribution in [0.4, 0.5) is 0 Å². The van der Waals surface area contributed by atoms with Gasteiger partial charge in [0.25, 0.3) is 0 Å². The van der Waals surface area contributed by atoms with Gasteiger partial charge in [-0.05, 0) is 38.3 Å². The molecule has 0 fully saturated rings. The summed E-state index contributed by atoms with van der Waals surface area (Å²) in [5.41, 5.74) is 5.03. The third-order valence-electron chi connectivity index (χ3n) is 3.75. The normalized spacial score (nSPS) is 11.1. The first-order chi connectivity index (χ1) is 10.5. The number of nitrogens with one attached hydrogen (secondary N) is 1. The summed E-state index contributed by atoms with van der Waals surface area (Å²) in [6, 6.07) is 16.7. The molecule has 0 radical (unpaired) electrons. The molecule has 22 heavy (non-hydrogen) atoms. The van der Waals surface area contributed by atoms with E-state index in [2.05, 4.69) is 43.4 Å². The van der Waals surface area contributed by atoms with E-state index in [9.17, 15) is 4.79 Å². The number of aryl methyl sites for hydroxylation is 3. The molecule has 0 heterocycles. The molecule has 0 aromatic heterocycles. The van der Waals surface area contributed by atoms with E-state index in [-0.39, 0.29) is 11.8 Å². The summed E-state index contributed by atoms with van der Waals surface area (Å²) in [6.07, 6.45) is 1.14. The molecule has 118 valence electrons. The third kappa shape index (κ3) is 5.72. The molecule has 2 nitrogen and oxygen atoms in total. The molecule has 0 saturated carbocycles. The van der Waals surface area contributed by atoms with Crippen molar-refractivity contribution in [2.75, 3.05) is 7.05 Å². The van der Waals surface area contributed by atoms with E-state index in [1.54, 1.807) is 7.05 Å². The van der Waals surface area contributed by atoms with Gasteiger partial charge in [-0.2, -0.15) is 0 Å². The van der Waals surface area contributed by atoms with Gasteiger partial charge in [0.05, 0.1) is 5.92 Å². The number of rotatable bonds is 3. The van der Waals surface area contributed by atoms with Crippen LogP contribution in [-0.2, 0) is 11.2 Å². The van der Waals surface area contributed by atoms with Crippen LogP contribution in [0.5, 0.6) is 0 Å². The van der Waals surface area contributed by atoms with Crippen molar-refractivity contribution >= 4 is 5.91 Å². The van der Waals surface area contributed by atoms with E-state index in [1.807, 2.05) is 38.1 Å². The van der Waals surface area contributed by atoms with Crippen LogP contribution in [-0.4, -0.2) is 13.0 Å². The second-order valence-corrected chi connectivity index (χ2v) is 5.59. The highest BCUT2D eigenvalue weighted by atomic mass is 16.1. The minimum Gasteiger partial charge on any atom is -0.359 e. The molecule has 2 rings (SSSR count). The van der Waals surface area contributed by atoms with Gasteiger partial charge in [-0.15, -0.1) is 0 Å². The summed E-state index contributed by atoms with van der Waals surface area (Å²) in [5.74, 6) is -0.00514. The lowest BCUT2D eigenvalue weighted by Crippen LogP contribution is -2.23. The number of carbonyl (C=O) groups excluding carboxylic acids is 1. The van der Waals surface area contributed by atoms with Gasteiger partial charge in [0, 0.05) is 7.05 Å². The summed E-state index contributed by atoms with van der Waals surface area (Å²) in [7, 11) is 1.66. The Morgan fingerprint density at radius 3 is 1.82 bits per heavy atom. The molecule has 0 aliphatic heterocycles. The lowest BCUT2D eigenvalue weighted by molar-refractivity contribution is -0.121. The highest BCUT2D eigenvalue weighted by Crippen LogP contribution is 2.15. The topological polar surface area (TPSA) is 29.1 Å². The van der Waals surface area contributed by atoms with Crippen LogP contribution >= 0.6 is 0 Å². The van der Waals surface area contributed by atoms with Crippen molar-refractivity contribution in [1.82, 2.24) is 5.32 Å². The van der Waals surface area contributed by atoms with E-state index in [1.165, 1.54) is 16.7 Å². The standard InChI is InChI=1S/C11H15NO.C9H12/c1-8-4-6-10(7-5-8)9(2)11(13)12-3;1-3-9-6-4-8(2)5-7-9/h4-7,9H,1-3H3,(H,12,13);4-7H,3H2,1-2H3. The number of amides is 1. The van der Waals surface area contributed by atoms with E-state index < -0.39 is 0 Å². The van der Waals surface area contributed by atoms with Gasteiger partial charge in [0.15, 0.2) is 0 Å². The van der Waals surface area contributed by atoms with Crippen LogP contribution in [0.25, 0.3) is 0 Å². The second-order valence-electron chi connectivity index (χ2n) is 5.59. The number of benzene rings is 2. The van der Waals surface area contributed by atoms with Gasteiger partial charge in [0.1, 0.15) is 0 Å². The third-order valence-corrected chi connectivity index (χ3v) is 3.75. The lowest BCUT2D eigenvalue weighted by Gasteiger charge is -2.09. The van der Waals surface area contributed by atoms with Crippen LogP contribution in [0.3, 0.4) is 0 Å². The predicted octanol–water partition coefficient (Wildman–Crippen LogP) is 4.40. The van der Waals surface area contributed by atoms with Gasteiger partial charge in [-0.1, -0.05) is 66.6 Å². The maximum Gasteiger partial charge on any atom is 0.227 e. The molecule has 2 heteroatoms. The quantitative estimate of drug-likeness (QED) is 0.893. The molecule has 1 unspecified atom stereocenters. The van der Waals surface area contributed by atoms with Crippen molar-refractivity contribution in [3.05, 3.63) is 70.8 Å². The molecule has 0 aliphatic carbocycles. The van der Waals surface area contributed by atoms with Gasteiger partial charge in [0.2, 0.25) is 5.91 Å². The minimum absolute atomic E-state index is 0.0591. The van der Waals surface area contributed by atoms with Gasteiger partial charge in [-0.25, -0.2) is 0 Å². The molecule has 1 N–H and O–H groups in total. The smallest absolute Gasteiger partial charge is 0.227 e.